The number of rotatable bonds is 2. The van der Waals surface area contributed by atoms with E-state index in [-0.39, 0.29) is 0 Å². The molecular formula is C15H11ClFNO3S. The van der Waals surface area contributed by atoms with E-state index in [1.807, 2.05) is 0 Å². The monoisotopic (exact) mass is 339 g/mol. The first-order valence-electron chi connectivity index (χ1n) is 6.43. The maximum absolute atomic E-state index is 13.1. The van der Waals surface area contributed by atoms with Crippen LogP contribution in [0.25, 0.3) is 0 Å². The molecule has 0 N–H and O–H groups in total. The van der Waals surface area contributed by atoms with Crippen LogP contribution < -0.4 is 4.90 Å². The smallest absolute Gasteiger partial charge is 0.243 e. The third-order valence-corrected chi connectivity index (χ3v) is 5.49. The van der Waals surface area contributed by atoms with Crippen LogP contribution >= 0.6 is 11.6 Å². The van der Waals surface area contributed by atoms with E-state index in [1.54, 1.807) is 24.3 Å². The van der Waals surface area contributed by atoms with Crippen molar-refractivity contribution in [2.24, 2.45) is 0 Å². The quantitative estimate of drug-likeness (QED) is 0.845. The first-order valence-corrected chi connectivity index (χ1v) is 8.52. The molecule has 0 radical (unpaired) electrons. The molecule has 114 valence electrons. The molecule has 3 rings (SSSR count). The van der Waals surface area contributed by atoms with E-state index in [0.717, 1.165) is 0 Å². The summed E-state index contributed by atoms with van der Waals surface area (Å²) >= 11 is 5.82. The fourth-order valence-corrected chi connectivity index (χ4v) is 4.38. The van der Waals surface area contributed by atoms with Crippen molar-refractivity contribution in [3.05, 3.63) is 64.9 Å². The molecule has 4 nitrogen and oxygen atoms in total. The second-order valence-corrected chi connectivity index (χ2v) is 7.45. The Bertz CT molecular complexity index is 819. The molecule has 0 saturated carbocycles. The Hall–Kier alpha value is -1.92. The van der Waals surface area contributed by atoms with Crippen LogP contribution in [-0.4, -0.2) is 20.1 Å². The molecule has 0 aromatic heterocycles. The van der Waals surface area contributed by atoms with Gasteiger partial charge in [0.05, 0.1) is 0 Å². The molecule has 1 aliphatic rings. The van der Waals surface area contributed by atoms with E-state index in [2.05, 4.69) is 0 Å². The molecule has 0 unspecified atom stereocenters. The van der Waals surface area contributed by atoms with Crippen molar-refractivity contribution in [3.63, 3.8) is 0 Å². The van der Waals surface area contributed by atoms with Crippen LogP contribution in [0.2, 0.25) is 5.02 Å². The average Bonchev–Trinajstić information content (AvgIpc) is 2.70. The van der Waals surface area contributed by atoms with Crippen LogP contribution in [-0.2, 0) is 14.6 Å². The second kappa shape index (κ2) is 5.37. The third-order valence-electron chi connectivity index (χ3n) is 3.43. The standard InChI is InChI=1S/C15H11ClFNO3S/c16-11-3-7-13(8-4-11)18-14(19)9-22(20,21)15(18)10-1-5-12(17)6-2-10/h1-8,15H,9H2/t15-/m0/s1. The molecule has 1 saturated heterocycles. The van der Waals surface area contributed by atoms with Crippen molar-refractivity contribution in [1.82, 2.24) is 0 Å². The van der Waals surface area contributed by atoms with Gasteiger partial charge in [-0.1, -0.05) is 23.7 Å². The Labute approximate surface area is 132 Å². The van der Waals surface area contributed by atoms with Crippen LogP contribution in [0.4, 0.5) is 10.1 Å². The van der Waals surface area contributed by atoms with E-state index in [0.29, 0.717) is 16.3 Å². The Morgan fingerprint density at radius 3 is 2.23 bits per heavy atom. The minimum absolute atomic E-state index is 0.349. The van der Waals surface area contributed by atoms with Crippen LogP contribution in [0.5, 0.6) is 0 Å². The zero-order valence-corrected chi connectivity index (χ0v) is 12.8. The van der Waals surface area contributed by atoms with E-state index in [4.69, 9.17) is 11.6 Å². The van der Waals surface area contributed by atoms with E-state index >= 15 is 0 Å². The van der Waals surface area contributed by atoms with Crippen molar-refractivity contribution >= 4 is 33.0 Å². The van der Waals surface area contributed by atoms with E-state index in [1.165, 1.54) is 29.2 Å². The number of carbonyl (C=O) groups excluding carboxylic acids is 1. The lowest BCUT2D eigenvalue weighted by molar-refractivity contribution is -0.115. The summed E-state index contributed by atoms with van der Waals surface area (Å²) in [6.07, 6.45) is 0. The topological polar surface area (TPSA) is 54.5 Å². The summed E-state index contributed by atoms with van der Waals surface area (Å²) in [7, 11) is -3.69. The van der Waals surface area contributed by atoms with Crippen molar-refractivity contribution in [2.75, 3.05) is 10.7 Å². The highest BCUT2D eigenvalue weighted by atomic mass is 35.5. The number of hydrogen-bond acceptors (Lipinski definition) is 3. The Balaban J connectivity index is 2.12. The lowest BCUT2D eigenvalue weighted by atomic mass is 10.2. The van der Waals surface area contributed by atoms with Crippen LogP contribution in [0.1, 0.15) is 10.9 Å². The van der Waals surface area contributed by atoms with Crippen molar-refractivity contribution in [1.29, 1.82) is 0 Å². The number of hydrogen-bond donors (Lipinski definition) is 0. The molecule has 22 heavy (non-hydrogen) atoms. The van der Waals surface area contributed by atoms with Gasteiger partial charge in [0.1, 0.15) is 11.6 Å². The minimum atomic E-state index is -3.69. The Morgan fingerprint density at radius 2 is 1.64 bits per heavy atom. The molecule has 1 aliphatic heterocycles. The number of sulfone groups is 1. The van der Waals surface area contributed by atoms with Crippen molar-refractivity contribution in [3.8, 4) is 0 Å². The highest BCUT2D eigenvalue weighted by Gasteiger charge is 2.45. The van der Waals surface area contributed by atoms with Gasteiger partial charge < -0.3 is 0 Å². The summed E-state index contributed by atoms with van der Waals surface area (Å²) in [6.45, 7) is 0. The summed E-state index contributed by atoms with van der Waals surface area (Å²) in [6, 6.07) is 11.4. The lowest BCUT2D eigenvalue weighted by Crippen LogP contribution is -2.29. The molecule has 1 atom stereocenters. The Morgan fingerprint density at radius 1 is 1.05 bits per heavy atom. The van der Waals surface area contributed by atoms with Gasteiger partial charge in [0.15, 0.2) is 15.2 Å². The van der Waals surface area contributed by atoms with Crippen LogP contribution in [0.15, 0.2) is 48.5 Å². The van der Waals surface area contributed by atoms with E-state index < -0.39 is 32.7 Å². The molecule has 0 spiro atoms. The van der Waals surface area contributed by atoms with Gasteiger partial charge in [0, 0.05) is 10.7 Å². The fourth-order valence-electron chi connectivity index (χ4n) is 2.48. The zero-order valence-electron chi connectivity index (χ0n) is 11.2. The summed E-state index contributed by atoms with van der Waals surface area (Å²) in [5.74, 6) is -1.56. The van der Waals surface area contributed by atoms with Gasteiger partial charge in [0.2, 0.25) is 5.91 Å². The van der Waals surface area contributed by atoms with Gasteiger partial charge >= 0.3 is 0 Å². The molecule has 1 heterocycles. The molecule has 1 fully saturated rings. The maximum atomic E-state index is 13.1. The highest BCUT2D eigenvalue weighted by Crippen LogP contribution is 2.37. The maximum Gasteiger partial charge on any atom is 0.243 e. The van der Waals surface area contributed by atoms with Gasteiger partial charge in [-0.3, -0.25) is 9.69 Å². The van der Waals surface area contributed by atoms with Crippen LogP contribution in [0, 0.1) is 5.82 Å². The number of carbonyl (C=O) groups is 1. The average molecular weight is 340 g/mol. The highest BCUT2D eigenvalue weighted by molar-refractivity contribution is 7.93. The molecule has 2 aromatic carbocycles. The zero-order chi connectivity index (χ0) is 15.9. The summed E-state index contributed by atoms with van der Waals surface area (Å²) in [4.78, 5) is 13.4. The van der Waals surface area contributed by atoms with Crippen LogP contribution in [0.3, 0.4) is 0 Å². The molecular weight excluding hydrogens is 329 g/mol. The van der Waals surface area contributed by atoms with E-state index in [9.17, 15) is 17.6 Å². The molecule has 1 amide bonds. The number of amides is 1. The minimum Gasteiger partial charge on any atom is -0.290 e. The summed E-state index contributed by atoms with van der Waals surface area (Å²) in [5.41, 5.74) is 0.784. The number of halogens is 2. The second-order valence-electron chi connectivity index (χ2n) is 4.95. The first-order chi connectivity index (χ1) is 10.4. The number of nitrogens with zero attached hydrogens (tertiary/aromatic N) is 1. The van der Waals surface area contributed by atoms with Gasteiger partial charge in [-0.15, -0.1) is 0 Å². The molecule has 0 aliphatic carbocycles. The van der Waals surface area contributed by atoms with Gasteiger partial charge in [-0.25, -0.2) is 12.8 Å². The normalized spacial score (nSPS) is 20.4. The summed E-state index contributed by atoms with van der Waals surface area (Å²) < 4.78 is 37.7. The summed E-state index contributed by atoms with van der Waals surface area (Å²) in [5, 5.41) is -0.668. The Kier molecular flexibility index (Phi) is 3.66. The fraction of sp³-hybridized carbons (Fsp3) is 0.133. The lowest BCUT2D eigenvalue weighted by Gasteiger charge is -2.23. The molecule has 0 bridgehead atoms. The number of benzene rings is 2. The molecule has 2 aromatic rings. The SMILES string of the molecule is O=C1CS(=O)(=O)[C@@H](c2ccc(F)cc2)N1c1ccc(Cl)cc1. The van der Waals surface area contributed by atoms with Gasteiger partial charge in [-0.05, 0) is 42.0 Å². The van der Waals surface area contributed by atoms with Crippen molar-refractivity contribution in [2.45, 2.75) is 5.37 Å². The molecule has 7 heteroatoms. The van der Waals surface area contributed by atoms with Gasteiger partial charge in [-0.2, -0.15) is 0 Å². The van der Waals surface area contributed by atoms with Crippen molar-refractivity contribution < 1.29 is 17.6 Å². The largest absolute Gasteiger partial charge is 0.290 e. The predicted octanol–water partition coefficient (Wildman–Crippen LogP) is 2.94. The van der Waals surface area contributed by atoms with Gasteiger partial charge in [0.25, 0.3) is 0 Å². The predicted molar refractivity (Wildman–Crippen MR) is 81.9 cm³/mol. The first kappa shape index (κ1) is 15.0. The third kappa shape index (κ3) is 2.60. The number of anilines is 1.